The van der Waals surface area contributed by atoms with Gasteiger partial charge in [-0.25, -0.2) is 0 Å². The van der Waals surface area contributed by atoms with E-state index in [-0.39, 0.29) is 33.8 Å². The van der Waals surface area contributed by atoms with Crippen LogP contribution in [0.5, 0.6) is 0 Å². The second-order valence-corrected chi connectivity index (χ2v) is 22.0. The van der Waals surface area contributed by atoms with Gasteiger partial charge in [0.2, 0.25) is 0 Å². The number of fused-ring (bicyclic) bond motifs is 7. The minimum absolute atomic E-state index is 0.00358. The molecule has 3 heteroatoms. The summed E-state index contributed by atoms with van der Waals surface area (Å²) in [4.78, 5) is 2.59. The van der Waals surface area contributed by atoms with Gasteiger partial charge in [-0.2, -0.15) is 0 Å². The number of hydrogen-bond donors (Lipinski definition) is 0. The molecule has 1 aromatic heterocycles. The minimum Gasteiger partial charge on any atom is -0.311 e. The Morgan fingerprint density at radius 3 is 1.55 bits per heavy atom. The van der Waals surface area contributed by atoms with Crippen molar-refractivity contribution in [1.29, 1.82) is 0 Å². The van der Waals surface area contributed by atoms with Crippen LogP contribution in [-0.2, 0) is 27.1 Å². The van der Waals surface area contributed by atoms with Gasteiger partial charge in [0.25, 0.3) is 6.71 Å². The van der Waals surface area contributed by atoms with Gasteiger partial charge in [0.1, 0.15) is 0 Å². The van der Waals surface area contributed by atoms with Crippen LogP contribution in [0.4, 0.5) is 17.1 Å². The fourth-order valence-electron chi connectivity index (χ4n) is 9.67. The maximum atomic E-state index is 2.65. The Labute approximate surface area is 348 Å². The van der Waals surface area contributed by atoms with Crippen molar-refractivity contribution in [3.63, 3.8) is 0 Å². The van der Waals surface area contributed by atoms with Crippen molar-refractivity contribution in [2.45, 2.75) is 124 Å². The Morgan fingerprint density at radius 2 is 0.931 bits per heavy atom. The third kappa shape index (κ3) is 5.90. The molecule has 7 aromatic rings. The molecule has 0 aliphatic carbocycles. The molecule has 2 nitrogen and oxygen atoms in total. The fraction of sp³-hybridized carbons (Fsp3) is 0.345. The average molecular weight is 761 g/mol. The first kappa shape index (κ1) is 38.5. The Balaban J connectivity index is 1.48. The highest BCUT2D eigenvalue weighted by molar-refractivity contribution is 7.00. The average Bonchev–Trinajstić information content (AvgIpc) is 3.49. The van der Waals surface area contributed by atoms with Crippen molar-refractivity contribution in [3.05, 3.63) is 149 Å². The molecule has 0 unspecified atom stereocenters. The monoisotopic (exact) mass is 760 g/mol. The van der Waals surface area contributed by atoms with E-state index in [1.807, 2.05) is 0 Å². The van der Waals surface area contributed by atoms with Crippen molar-refractivity contribution >= 4 is 62.0 Å². The topological polar surface area (TPSA) is 8.17 Å². The molecule has 0 atom stereocenters. The molecule has 58 heavy (non-hydrogen) atoms. The first-order valence-electron chi connectivity index (χ1n) is 21.5. The zero-order valence-corrected chi connectivity index (χ0v) is 37.4. The molecule has 3 heterocycles. The lowest BCUT2D eigenvalue weighted by Gasteiger charge is -2.42. The summed E-state index contributed by atoms with van der Waals surface area (Å²) in [6.07, 6.45) is 0. The number of anilines is 3. The van der Waals surface area contributed by atoms with Crippen molar-refractivity contribution in [2.75, 3.05) is 4.90 Å². The highest BCUT2D eigenvalue weighted by Gasteiger charge is 2.44. The summed E-state index contributed by atoms with van der Waals surface area (Å²) in [5.41, 5.74) is 19.7. The Bertz CT molecular complexity index is 2770. The molecule has 294 valence electrons. The summed E-state index contributed by atoms with van der Waals surface area (Å²) in [6, 6.07) is 45.3. The van der Waals surface area contributed by atoms with Crippen LogP contribution in [0.25, 0.3) is 27.5 Å². The van der Waals surface area contributed by atoms with Crippen LogP contribution < -0.4 is 21.3 Å². The van der Waals surface area contributed by atoms with Gasteiger partial charge >= 0.3 is 0 Å². The summed E-state index contributed by atoms with van der Waals surface area (Å²) in [6.45, 7) is 32.9. The van der Waals surface area contributed by atoms with Gasteiger partial charge in [-0.1, -0.05) is 164 Å². The molecule has 0 radical (unpaired) electrons. The molecule has 0 saturated heterocycles. The van der Waals surface area contributed by atoms with Gasteiger partial charge < -0.3 is 9.47 Å². The smallest absolute Gasteiger partial charge is 0.252 e. The predicted molar refractivity (Wildman–Crippen MR) is 253 cm³/mol. The van der Waals surface area contributed by atoms with Gasteiger partial charge in [0.15, 0.2) is 0 Å². The van der Waals surface area contributed by atoms with Crippen LogP contribution >= 0.6 is 0 Å². The second-order valence-electron chi connectivity index (χ2n) is 22.0. The van der Waals surface area contributed by atoms with Gasteiger partial charge in [-0.15, -0.1) is 0 Å². The molecule has 0 N–H and O–H groups in total. The van der Waals surface area contributed by atoms with E-state index < -0.39 is 0 Å². The zero-order chi connectivity index (χ0) is 41.5. The summed E-state index contributed by atoms with van der Waals surface area (Å²) in [7, 11) is 0. The molecule has 6 aromatic carbocycles. The van der Waals surface area contributed by atoms with Crippen molar-refractivity contribution in [2.24, 2.45) is 0 Å². The Kier molecular flexibility index (Phi) is 8.30. The Hall–Kier alpha value is -5.02. The molecule has 0 spiro atoms. The van der Waals surface area contributed by atoms with E-state index in [0.29, 0.717) is 0 Å². The fourth-order valence-corrected chi connectivity index (χ4v) is 9.67. The third-order valence-corrected chi connectivity index (χ3v) is 13.5. The first-order valence-corrected chi connectivity index (χ1v) is 21.5. The molecule has 2 aliphatic rings. The van der Waals surface area contributed by atoms with E-state index in [4.69, 9.17) is 0 Å². The van der Waals surface area contributed by atoms with E-state index in [9.17, 15) is 0 Å². The molecular weight excluding hydrogens is 699 g/mol. The summed E-state index contributed by atoms with van der Waals surface area (Å²) >= 11 is 0. The van der Waals surface area contributed by atoms with Crippen molar-refractivity contribution < 1.29 is 0 Å². The molecule has 0 amide bonds. The molecule has 0 fully saturated rings. The number of aromatic nitrogens is 1. The van der Waals surface area contributed by atoms with E-state index in [1.54, 1.807) is 0 Å². The van der Waals surface area contributed by atoms with Crippen LogP contribution in [-0.4, -0.2) is 11.3 Å². The largest absolute Gasteiger partial charge is 0.311 e. The lowest BCUT2D eigenvalue weighted by molar-refractivity contribution is 0.590. The normalized spacial score (nSPS) is 14.3. The Morgan fingerprint density at radius 1 is 0.397 bits per heavy atom. The van der Waals surface area contributed by atoms with Crippen LogP contribution in [0.1, 0.15) is 130 Å². The summed E-state index contributed by atoms with van der Waals surface area (Å²) < 4.78 is 2.65. The number of benzene rings is 6. The van der Waals surface area contributed by atoms with Gasteiger partial charge in [0.05, 0.1) is 5.52 Å². The second kappa shape index (κ2) is 12.5. The molecular formula is C55H61BN2. The lowest BCUT2D eigenvalue weighted by Crippen LogP contribution is -2.61. The maximum absolute atomic E-state index is 2.65. The van der Waals surface area contributed by atoms with E-state index >= 15 is 0 Å². The van der Waals surface area contributed by atoms with Gasteiger partial charge in [-0.3, -0.25) is 0 Å². The van der Waals surface area contributed by atoms with Crippen LogP contribution in [0.3, 0.4) is 0 Å². The third-order valence-electron chi connectivity index (χ3n) is 13.5. The quantitative estimate of drug-likeness (QED) is 0.163. The van der Waals surface area contributed by atoms with Crippen molar-refractivity contribution in [3.8, 4) is 5.69 Å². The summed E-state index contributed by atoms with van der Waals surface area (Å²) in [5.74, 6) is 0. The predicted octanol–water partition coefficient (Wildman–Crippen LogP) is 12.9. The van der Waals surface area contributed by atoms with Crippen LogP contribution in [0.15, 0.2) is 115 Å². The molecule has 2 aliphatic heterocycles. The van der Waals surface area contributed by atoms with Gasteiger partial charge in [-0.05, 0) is 120 Å². The molecule has 9 rings (SSSR count). The van der Waals surface area contributed by atoms with E-state index in [0.717, 1.165) is 0 Å². The minimum atomic E-state index is -0.252. The molecule has 0 bridgehead atoms. The van der Waals surface area contributed by atoms with Crippen LogP contribution in [0, 0.1) is 0 Å². The number of rotatable bonds is 3. The highest BCUT2D eigenvalue weighted by atomic mass is 15.2. The van der Waals surface area contributed by atoms with Crippen molar-refractivity contribution in [1.82, 2.24) is 4.57 Å². The van der Waals surface area contributed by atoms with E-state index in [1.165, 1.54) is 94.3 Å². The van der Waals surface area contributed by atoms with Crippen LogP contribution in [0.2, 0.25) is 0 Å². The molecule has 0 saturated carbocycles. The zero-order valence-electron chi connectivity index (χ0n) is 37.4. The first-order chi connectivity index (χ1) is 27.0. The highest BCUT2D eigenvalue weighted by Crippen LogP contribution is 2.46. The lowest BCUT2D eigenvalue weighted by atomic mass is 9.33. The standard InChI is InChI=1S/C55H61BN2/c1-51(2,3)34-20-24-40(25-21-34)57-46-27-23-37(53(7,8)9)30-43(46)56-44-31-38(54(10,11)12)29-42-41-28-36(52(4,5)6)22-26-45(41)58(50(42)44)48-33-39(32-47(57)49(48)56)55(13,14)35-18-16-15-17-19-35/h15-33H,1-14H3. The van der Waals surface area contributed by atoms with E-state index in [2.05, 4.69) is 222 Å². The van der Waals surface area contributed by atoms with Gasteiger partial charge in [0, 0.05) is 44.5 Å². The maximum Gasteiger partial charge on any atom is 0.252 e. The number of hydrogen-bond acceptors (Lipinski definition) is 1. The summed E-state index contributed by atoms with van der Waals surface area (Å²) in [5, 5.41) is 2.70. The SMILES string of the molecule is CC(C)(C)c1ccc(N2c3ccc(C(C)(C)C)cc3B3c4c2cc(C(C)(C)c2ccccc2)cc4-n2c4ccc(C(C)(C)C)cc4c4cc(C(C)(C)C)cc3c42)cc1. The number of nitrogens with zero attached hydrogens (tertiary/aromatic N) is 2.